The summed E-state index contributed by atoms with van der Waals surface area (Å²) in [5.41, 5.74) is 0.307. The van der Waals surface area contributed by atoms with E-state index in [1.54, 1.807) is 0 Å². The third-order valence-electron chi connectivity index (χ3n) is 3.58. The Bertz CT molecular complexity index is 129. The molecule has 0 spiro atoms. The number of hydrogen-bond donors (Lipinski definition) is 1. The normalized spacial score (nSPS) is 14.4. The lowest BCUT2D eigenvalue weighted by atomic mass is 9.75. The van der Waals surface area contributed by atoms with Crippen LogP contribution in [0.3, 0.4) is 0 Å². The van der Waals surface area contributed by atoms with E-state index in [1.807, 2.05) is 0 Å². The summed E-state index contributed by atoms with van der Waals surface area (Å²) in [6.07, 6.45) is 7.65. The Labute approximate surface area is 89.9 Å². The molecule has 0 aromatic carbocycles. The van der Waals surface area contributed by atoms with Crippen LogP contribution in [0.25, 0.3) is 0 Å². The minimum Gasteiger partial charge on any atom is -0.396 e. The highest BCUT2D eigenvalue weighted by molar-refractivity contribution is 4.74. The molecular weight excluding hydrogens is 172 g/mol. The highest BCUT2D eigenvalue weighted by Gasteiger charge is 2.24. The highest BCUT2D eigenvalue weighted by atomic mass is 16.3. The Kier molecular flexibility index (Phi) is 7.26. The molecule has 0 bridgehead atoms. The van der Waals surface area contributed by atoms with Crippen LogP contribution in [0.15, 0.2) is 0 Å². The quantitative estimate of drug-likeness (QED) is 0.587. The van der Waals surface area contributed by atoms with Gasteiger partial charge in [-0.1, -0.05) is 59.8 Å². The molecule has 0 aromatic rings. The largest absolute Gasteiger partial charge is 0.396 e. The van der Waals surface area contributed by atoms with Crippen molar-refractivity contribution in [2.45, 2.75) is 66.2 Å². The Morgan fingerprint density at radius 3 is 2.29 bits per heavy atom. The first-order valence-electron chi connectivity index (χ1n) is 6.15. The van der Waals surface area contributed by atoms with Gasteiger partial charge in [-0.25, -0.2) is 0 Å². The van der Waals surface area contributed by atoms with E-state index in [1.165, 1.54) is 32.1 Å². The van der Waals surface area contributed by atoms with Gasteiger partial charge in [0.2, 0.25) is 0 Å². The van der Waals surface area contributed by atoms with Gasteiger partial charge in [0.25, 0.3) is 0 Å². The molecule has 1 nitrogen and oxygen atoms in total. The van der Waals surface area contributed by atoms with E-state index in [-0.39, 0.29) is 0 Å². The van der Waals surface area contributed by atoms with Gasteiger partial charge < -0.3 is 5.11 Å². The van der Waals surface area contributed by atoms with E-state index in [4.69, 9.17) is 5.11 Å². The average molecular weight is 200 g/mol. The van der Waals surface area contributed by atoms with Gasteiger partial charge in [0.05, 0.1) is 0 Å². The second kappa shape index (κ2) is 7.28. The fourth-order valence-corrected chi connectivity index (χ4v) is 1.80. The van der Waals surface area contributed by atoms with Crippen LogP contribution in [0.1, 0.15) is 66.2 Å². The molecule has 0 aliphatic heterocycles. The molecule has 1 atom stereocenters. The summed E-state index contributed by atoms with van der Waals surface area (Å²) in [4.78, 5) is 0. The maximum atomic E-state index is 8.96. The van der Waals surface area contributed by atoms with E-state index >= 15 is 0 Å². The number of hydrogen-bond acceptors (Lipinski definition) is 1. The molecule has 0 heterocycles. The first kappa shape index (κ1) is 14.0. The van der Waals surface area contributed by atoms with Crippen molar-refractivity contribution in [1.82, 2.24) is 0 Å². The molecule has 0 radical (unpaired) electrons. The molecule has 0 aliphatic carbocycles. The topological polar surface area (TPSA) is 20.2 Å². The summed E-state index contributed by atoms with van der Waals surface area (Å²) in [5.74, 6) is 0.728. The monoisotopic (exact) mass is 200 g/mol. The smallest absolute Gasteiger partial charge is 0.0436 e. The summed E-state index contributed by atoms with van der Waals surface area (Å²) in [6.45, 7) is 9.44. The molecule has 86 valence electrons. The van der Waals surface area contributed by atoms with Gasteiger partial charge in [-0.2, -0.15) is 0 Å². The van der Waals surface area contributed by atoms with Crippen molar-refractivity contribution in [3.63, 3.8) is 0 Å². The maximum Gasteiger partial charge on any atom is 0.0436 e. The van der Waals surface area contributed by atoms with E-state index < -0.39 is 0 Å². The number of rotatable bonds is 8. The van der Waals surface area contributed by atoms with Gasteiger partial charge in [0, 0.05) is 6.61 Å². The van der Waals surface area contributed by atoms with Gasteiger partial charge in [-0.15, -0.1) is 0 Å². The Balaban J connectivity index is 3.65. The second-order valence-electron chi connectivity index (χ2n) is 5.21. The Morgan fingerprint density at radius 2 is 1.79 bits per heavy atom. The zero-order chi connectivity index (χ0) is 11.0. The van der Waals surface area contributed by atoms with Crippen LogP contribution >= 0.6 is 0 Å². The van der Waals surface area contributed by atoms with Crippen LogP contribution in [0.2, 0.25) is 0 Å². The fourth-order valence-electron chi connectivity index (χ4n) is 1.80. The van der Waals surface area contributed by atoms with Crippen LogP contribution in [-0.2, 0) is 0 Å². The van der Waals surface area contributed by atoms with Gasteiger partial charge in [-0.05, 0) is 17.8 Å². The zero-order valence-corrected chi connectivity index (χ0v) is 10.5. The fraction of sp³-hybridized carbons (Fsp3) is 1.00. The Morgan fingerprint density at radius 1 is 1.14 bits per heavy atom. The molecule has 0 aliphatic rings. The summed E-state index contributed by atoms with van der Waals surface area (Å²) >= 11 is 0. The first-order valence-corrected chi connectivity index (χ1v) is 6.15. The summed E-state index contributed by atoms with van der Waals surface area (Å²) in [7, 11) is 0. The van der Waals surface area contributed by atoms with Crippen molar-refractivity contribution >= 4 is 0 Å². The standard InChI is InChI=1S/C13H28O/c1-5-6-7-8-9-12(2)13(3,4)10-11-14/h12,14H,5-11H2,1-4H3. The third kappa shape index (κ3) is 5.64. The predicted octanol–water partition coefficient (Wildman–Crippen LogP) is 4.00. The SMILES string of the molecule is CCCCCCC(C)C(C)(C)CCO. The lowest BCUT2D eigenvalue weighted by molar-refractivity contribution is 0.146. The molecule has 0 aromatic heterocycles. The molecule has 14 heavy (non-hydrogen) atoms. The highest BCUT2D eigenvalue weighted by Crippen LogP contribution is 2.33. The van der Waals surface area contributed by atoms with Crippen molar-refractivity contribution in [3.05, 3.63) is 0 Å². The van der Waals surface area contributed by atoms with Crippen LogP contribution in [0.4, 0.5) is 0 Å². The number of unbranched alkanes of at least 4 members (excludes halogenated alkanes) is 3. The van der Waals surface area contributed by atoms with E-state index in [2.05, 4.69) is 27.7 Å². The average Bonchev–Trinajstić information content (AvgIpc) is 2.12. The van der Waals surface area contributed by atoms with Crippen molar-refractivity contribution in [1.29, 1.82) is 0 Å². The van der Waals surface area contributed by atoms with Gasteiger partial charge >= 0.3 is 0 Å². The molecule has 1 unspecified atom stereocenters. The first-order chi connectivity index (χ1) is 6.54. The van der Waals surface area contributed by atoms with Gasteiger partial charge in [-0.3, -0.25) is 0 Å². The zero-order valence-electron chi connectivity index (χ0n) is 10.5. The molecular formula is C13H28O. The van der Waals surface area contributed by atoms with E-state index in [0.717, 1.165) is 12.3 Å². The number of aliphatic hydroxyl groups is 1. The van der Waals surface area contributed by atoms with Crippen LogP contribution in [0.5, 0.6) is 0 Å². The summed E-state index contributed by atoms with van der Waals surface area (Å²) < 4.78 is 0. The van der Waals surface area contributed by atoms with Crippen molar-refractivity contribution in [2.24, 2.45) is 11.3 Å². The minimum atomic E-state index is 0.307. The third-order valence-corrected chi connectivity index (χ3v) is 3.58. The summed E-state index contributed by atoms with van der Waals surface area (Å²) in [6, 6.07) is 0. The van der Waals surface area contributed by atoms with Crippen molar-refractivity contribution in [3.8, 4) is 0 Å². The van der Waals surface area contributed by atoms with Crippen LogP contribution in [0, 0.1) is 11.3 Å². The molecule has 1 heteroatoms. The molecule has 0 saturated heterocycles. The lowest BCUT2D eigenvalue weighted by Gasteiger charge is -2.31. The van der Waals surface area contributed by atoms with Gasteiger partial charge in [0.1, 0.15) is 0 Å². The predicted molar refractivity (Wildman–Crippen MR) is 63.4 cm³/mol. The number of aliphatic hydroxyl groups excluding tert-OH is 1. The van der Waals surface area contributed by atoms with E-state index in [0.29, 0.717) is 12.0 Å². The van der Waals surface area contributed by atoms with E-state index in [9.17, 15) is 0 Å². The molecule has 0 rings (SSSR count). The molecule has 0 amide bonds. The van der Waals surface area contributed by atoms with Crippen LogP contribution < -0.4 is 0 Å². The molecule has 1 N–H and O–H groups in total. The maximum absolute atomic E-state index is 8.96. The summed E-state index contributed by atoms with van der Waals surface area (Å²) in [5, 5.41) is 8.96. The second-order valence-corrected chi connectivity index (χ2v) is 5.21. The Hall–Kier alpha value is -0.0400. The van der Waals surface area contributed by atoms with Gasteiger partial charge in [0.15, 0.2) is 0 Å². The molecule has 0 fully saturated rings. The minimum absolute atomic E-state index is 0.307. The lowest BCUT2D eigenvalue weighted by Crippen LogP contribution is -2.22. The van der Waals surface area contributed by atoms with Crippen molar-refractivity contribution < 1.29 is 5.11 Å². The van der Waals surface area contributed by atoms with Crippen molar-refractivity contribution in [2.75, 3.05) is 6.61 Å². The van der Waals surface area contributed by atoms with Crippen LogP contribution in [-0.4, -0.2) is 11.7 Å². The molecule has 0 saturated carbocycles.